The number of nitrogens with zero attached hydrogens (tertiary/aromatic N) is 2. The topological polar surface area (TPSA) is 17.8 Å². The first-order valence-corrected chi connectivity index (χ1v) is 4.86. The number of halogens is 1. The van der Waals surface area contributed by atoms with Crippen LogP contribution in [0.15, 0.2) is 16.9 Å². The van der Waals surface area contributed by atoms with E-state index < -0.39 is 0 Å². The maximum absolute atomic E-state index is 4.27. The molecule has 0 aliphatic heterocycles. The molecule has 0 aromatic carbocycles. The van der Waals surface area contributed by atoms with Gasteiger partial charge in [-0.15, -0.1) is 0 Å². The minimum atomic E-state index is 0.652. The highest BCUT2D eigenvalue weighted by Gasteiger charge is 2.18. The molecule has 1 saturated carbocycles. The summed E-state index contributed by atoms with van der Waals surface area (Å²) in [7, 11) is 0. The zero-order valence-electron chi connectivity index (χ0n) is 6.33. The Balaban J connectivity index is 2.21. The molecule has 1 heterocycles. The number of rotatable bonds is 1. The second-order valence-electron chi connectivity index (χ2n) is 3.04. The lowest BCUT2D eigenvalue weighted by Gasteiger charge is -2.10. The van der Waals surface area contributed by atoms with Crippen molar-refractivity contribution in [3.05, 3.63) is 16.9 Å². The molecule has 0 unspecified atom stereocenters. The summed E-state index contributed by atoms with van der Waals surface area (Å²) < 4.78 is 3.21. The van der Waals surface area contributed by atoms with Crippen LogP contribution in [0.1, 0.15) is 31.7 Å². The molecule has 11 heavy (non-hydrogen) atoms. The SMILES string of the molecule is Brc1ccnn1C1CCCC1. The lowest BCUT2D eigenvalue weighted by Crippen LogP contribution is -2.05. The van der Waals surface area contributed by atoms with E-state index >= 15 is 0 Å². The Morgan fingerprint density at radius 2 is 2.18 bits per heavy atom. The third kappa shape index (κ3) is 1.34. The summed E-state index contributed by atoms with van der Waals surface area (Å²) in [6, 6.07) is 2.65. The summed E-state index contributed by atoms with van der Waals surface area (Å²) in [5.41, 5.74) is 0. The van der Waals surface area contributed by atoms with Crippen LogP contribution in [0.4, 0.5) is 0 Å². The fourth-order valence-electron chi connectivity index (χ4n) is 1.72. The minimum absolute atomic E-state index is 0.652. The first-order chi connectivity index (χ1) is 5.38. The van der Waals surface area contributed by atoms with Crippen LogP contribution in [0.25, 0.3) is 0 Å². The van der Waals surface area contributed by atoms with Crippen molar-refractivity contribution in [2.75, 3.05) is 0 Å². The maximum Gasteiger partial charge on any atom is 0.104 e. The average Bonchev–Trinajstić information content (AvgIpc) is 2.55. The largest absolute Gasteiger partial charge is 0.255 e. The van der Waals surface area contributed by atoms with E-state index in [2.05, 4.69) is 25.7 Å². The van der Waals surface area contributed by atoms with Crippen LogP contribution in [-0.4, -0.2) is 9.78 Å². The first-order valence-electron chi connectivity index (χ1n) is 4.07. The molecule has 0 radical (unpaired) electrons. The number of hydrogen-bond acceptors (Lipinski definition) is 1. The van der Waals surface area contributed by atoms with Gasteiger partial charge >= 0.3 is 0 Å². The molecule has 1 aliphatic carbocycles. The molecule has 60 valence electrons. The quantitative estimate of drug-likeness (QED) is 0.704. The molecular weight excluding hydrogens is 204 g/mol. The van der Waals surface area contributed by atoms with Crippen molar-refractivity contribution in [3.8, 4) is 0 Å². The van der Waals surface area contributed by atoms with Crippen LogP contribution in [-0.2, 0) is 0 Å². The van der Waals surface area contributed by atoms with Gasteiger partial charge in [-0.25, -0.2) is 0 Å². The second kappa shape index (κ2) is 2.97. The Hall–Kier alpha value is -0.310. The predicted molar refractivity (Wildman–Crippen MR) is 47.4 cm³/mol. The van der Waals surface area contributed by atoms with Crippen LogP contribution in [0, 0.1) is 0 Å². The first kappa shape index (κ1) is 7.35. The molecule has 1 aliphatic rings. The summed E-state index contributed by atoms with van der Waals surface area (Å²) in [5.74, 6) is 0. The monoisotopic (exact) mass is 214 g/mol. The van der Waals surface area contributed by atoms with E-state index in [9.17, 15) is 0 Å². The van der Waals surface area contributed by atoms with Crippen LogP contribution in [0.5, 0.6) is 0 Å². The third-order valence-electron chi connectivity index (χ3n) is 2.29. The van der Waals surface area contributed by atoms with Gasteiger partial charge in [0.25, 0.3) is 0 Å². The molecule has 0 amide bonds. The summed E-state index contributed by atoms with van der Waals surface area (Å²) in [6.45, 7) is 0. The molecule has 0 spiro atoms. The maximum atomic E-state index is 4.27. The highest BCUT2D eigenvalue weighted by atomic mass is 79.9. The molecule has 2 rings (SSSR count). The molecule has 1 aromatic heterocycles. The fraction of sp³-hybridized carbons (Fsp3) is 0.625. The smallest absolute Gasteiger partial charge is 0.104 e. The fourth-order valence-corrected chi connectivity index (χ4v) is 2.22. The molecule has 1 fully saturated rings. The Morgan fingerprint density at radius 1 is 1.45 bits per heavy atom. The highest BCUT2D eigenvalue weighted by Crippen LogP contribution is 2.30. The highest BCUT2D eigenvalue weighted by molar-refractivity contribution is 9.10. The zero-order chi connectivity index (χ0) is 7.68. The third-order valence-corrected chi connectivity index (χ3v) is 2.92. The van der Waals surface area contributed by atoms with Gasteiger partial charge in [-0.1, -0.05) is 12.8 Å². The van der Waals surface area contributed by atoms with Crippen LogP contribution in [0.3, 0.4) is 0 Å². The Morgan fingerprint density at radius 3 is 2.73 bits per heavy atom. The standard InChI is InChI=1S/C8H11BrN2/c9-8-5-6-10-11(8)7-3-1-2-4-7/h5-7H,1-4H2. The van der Waals surface area contributed by atoms with E-state index in [4.69, 9.17) is 0 Å². The molecule has 3 heteroatoms. The second-order valence-corrected chi connectivity index (χ2v) is 3.85. The van der Waals surface area contributed by atoms with Crippen molar-refractivity contribution in [1.29, 1.82) is 0 Å². The summed E-state index contributed by atoms with van der Waals surface area (Å²) in [4.78, 5) is 0. The van der Waals surface area contributed by atoms with Crippen molar-refractivity contribution in [3.63, 3.8) is 0 Å². The Labute approximate surface area is 74.7 Å². The van der Waals surface area contributed by atoms with Gasteiger partial charge in [0, 0.05) is 0 Å². The minimum Gasteiger partial charge on any atom is -0.255 e. The molecular formula is C8H11BrN2. The van der Waals surface area contributed by atoms with E-state index in [0.717, 1.165) is 4.60 Å². The summed E-state index contributed by atoms with van der Waals surface area (Å²) in [5, 5.41) is 4.27. The molecule has 1 aromatic rings. The van der Waals surface area contributed by atoms with Crippen LogP contribution in [0.2, 0.25) is 0 Å². The van der Waals surface area contributed by atoms with Crippen LogP contribution >= 0.6 is 15.9 Å². The molecule has 0 N–H and O–H groups in total. The average molecular weight is 215 g/mol. The van der Waals surface area contributed by atoms with Gasteiger partial charge in [-0.3, -0.25) is 4.68 Å². The van der Waals surface area contributed by atoms with E-state index in [1.165, 1.54) is 25.7 Å². The van der Waals surface area contributed by atoms with E-state index in [0.29, 0.717) is 6.04 Å². The van der Waals surface area contributed by atoms with Crippen molar-refractivity contribution >= 4 is 15.9 Å². The van der Waals surface area contributed by atoms with Crippen LogP contribution < -0.4 is 0 Å². The van der Waals surface area contributed by atoms with Gasteiger partial charge in [0.05, 0.1) is 12.2 Å². The Kier molecular flexibility index (Phi) is 1.98. The van der Waals surface area contributed by atoms with Crippen molar-refractivity contribution < 1.29 is 0 Å². The van der Waals surface area contributed by atoms with Crippen molar-refractivity contribution in [2.45, 2.75) is 31.7 Å². The predicted octanol–water partition coefficient (Wildman–Crippen LogP) is 2.76. The van der Waals surface area contributed by atoms with Crippen molar-refractivity contribution in [1.82, 2.24) is 9.78 Å². The molecule has 0 bridgehead atoms. The Bertz CT molecular complexity index is 238. The van der Waals surface area contributed by atoms with Gasteiger partial charge in [0.1, 0.15) is 4.60 Å². The van der Waals surface area contributed by atoms with E-state index in [1.54, 1.807) is 0 Å². The number of hydrogen-bond donors (Lipinski definition) is 0. The molecule has 2 nitrogen and oxygen atoms in total. The molecule has 0 saturated heterocycles. The lowest BCUT2D eigenvalue weighted by molar-refractivity contribution is 0.458. The normalized spacial score (nSPS) is 19.4. The van der Waals surface area contributed by atoms with Gasteiger partial charge in [0.15, 0.2) is 0 Å². The van der Waals surface area contributed by atoms with E-state index in [-0.39, 0.29) is 0 Å². The summed E-state index contributed by atoms with van der Waals surface area (Å²) in [6.07, 6.45) is 7.15. The molecule has 0 atom stereocenters. The van der Waals surface area contributed by atoms with Gasteiger partial charge in [-0.05, 0) is 34.8 Å². The van der Waals surface area contributed by atoms with Gasteiger partial charge in [-0.2, -0.15) is 5.10 Å². The lowest BCUT2D eigenvalue weighted by atomic mass is 10.3. The zero-order valence-corrected chi connectivity index (χ0v) is 7.92. The number of aromatic nitrogens is 2. The van der Waals surface area contributed by atoms with E-state index in [1.807, 2.05) is 12.3 Å². The van der Waals surface area contributed by atoms with Gasteiger partial charge < -0.3 is 0 Å². The van der Waals surface area contributed by atoms with Crippen molar-refractivity contribution in [2.24, 2.45) is 0 Å². The summed E-state index contributed by atoms with van der Waals surface area (Å²) >= 11 is 3.48. The van der Waals surface area contributed by atoms with Gasteiger partial charge in [0.2, 0.25) is 0 Å².